The number of benzene rings is 1. The standard InChI is InChI=1S/C18H21F3N2O6/c1-9(2)16(17(27)22-13(6-15(25)26)14(24)7-19)23-18(28)29-8-10-3-4-11(20)12(21)5-10/h3-5,9,13,16H,6-8H2,1-2H3,(H,22,27)(H,23,28)(H,25,26)/t13?,16-/m0/s1. The van der Waals surface area contributed by atoms with E-state index in [9.17, 15) is 32.3 Å². The van der Waals surface area contributed by atoms with E-state index in [1.54, 1.807) is 13.8 Å². The number of ether oxygens (including phenoxy) is 1. The van der Waals surface area contributed by atoms with Crippen LogP contribution in [0.3, 0.4) is 0 Å². The molecular formula is C18H21F3N2O6. The molecule has 0 aromatic heterocycles. The summed E-state index contributed by atoms with van der Waals surface area (Å²) >= 11 is 0. The number of amides is 2. The predicted octanol–water partition coefficient (Wildman–Crippen LogP) is 1.71. The number of nitrogens with one attached hydrogen (secondary N) is 2. The molecule has 0 aliphatic heterocycles. The Kier molecular flexibility index (Phi) is 9.10. The fourth-order valence-electron chi connectivity index (χ4n) is 2.26. The first kappa shape index (κ1) is 23.9. The van der Waals surface area contributed by atoms with E-state index in [0.717, 1.165) is 12.1 Å². The number of hydrogen-bond acceptors (Lipinski definition) is 5. The Hall–Kier alpha value is -3.11. The highest BCUT2D eigenvalue weighted by molar-refractivity contribution is 5.94. The second-order valence-electron chi connectivity index (χ2n) is 6.45. The molecule has 1 rings (SSSR count). The Morgan fingerprint density at radius 2 is 1.76 bits per heavy atom. The van der Waals surface area contributed by atoms with Gasteiger partial charge in [0.15, 0.2) is 17.4 Å². The third kappa shape index (κ3) is 7.80. The first-order valence-corrected chi connectivity index (χ1v) is 8.53. The Balaban J connectivity index is 2.73. The molecular weight excluding hydrogens is 397 g/mol. The summed E-state index contributed by atoms with van der Waals surface area (Å²) in [5.41, 5.74) is 0.166. The molecule has 0 heterocycles. The maximum absolute atomic E-state index is 13.2. The Labute approximate surface area is 164 Å². The highest BCUT2D eigenvalue weighted by Gasteiger charge is 2.30. The summed E-state index contributed by atoms with van der Waals surface area (Å²) in [6.45, 7) is 1.25. The van der Waals surface area contributed by atoms with Gasteiger partial charge in [0.05, 0.1) is 6.42 Å². The van der Waals surface area contributed by atoms with Crippen LogP contribution in [0.2, 0.25) is 0 Å². The van der Waals surface area contributed by atoms with Crippen molar-refractivity contribution in [1.29, 1.82) is 0 Å². The van der Waals surface area contributed by atoms with Crippen LogP contribution in [0.5, 0.6) is 0 Å². The van der Waals surface area contributed by atoms with Gasteiger partial charge >= 0.3 is 12.1 Å². The third-order valence-electron chi connectivity index (χ3n) is 3.79. The summed E-state index contributed by atoms with van der Waals surface area (Å²) in [4.78, 5) is 46.6. The number of carbonyl (C=O) groups excluding carboxylic acids is 3. The van der Waals surface area contributed by atoms with Gasteiger partial charge in [-0.05, 0) is 23.6 Å². The van der Waals surface area contributed by atoms with Crippen LogP contribution in [-0.2, 0) is 25.7 Å². The van der Waals surface area contributed by atoms with Crippen LogP contribution >= 0.6 is 0 Å². The zero-order valence-electron chi connectivity index (χ0n) is 15.7. The highest BCUT2D eigenvalue weighted by Crippen LogP contribution is 2.10. The Bertz CT molecular complexity index is 772. The monoisotopic (exact) mass is 418 g/mol. The molecule has 8 nitrogen and oxygen atoms in total. The fraction of sp³-hybridized carbons (Fsp3) is 0.444. The van der Waals surface area contributed by atoms with E-state index in [0.29, 0.717) is 0 Å². The largest absolute Gasteiger partial charge is 0.481 e. The average molecular weight is 418 g/mol. The molecule has 2 atom stereocenters. The van der Waals surface area contributed by atoms with E-state index in [1.807, 2.05) is 0 Å². The van der Waals surface area contributed by atoms with E-state index >= 15 is 0 Å². The number of carboxylic acids is 1. The van der Waals surface area contributed by atoms with Gasteiger partial charge in [0.25, 0.3) is 0 Å². The molecule has 0 spiro atoms. The minimum Gasteiger partial charge on any atom is -0.481 e. The van der Waals surface area contributed by atoms with Gasteiger partial charge in [0, 0.05) is 0 Å². The van der Waals surface area contributed by atoms with Gasteiger partial charge < -0.3 is 20.5 Å². The lowest BCUT2D eigenvalue weighted by Crippen LogP contribution is -2.54. The van der Waals surface area contributed by atoms with Gasteiger partial charge in [-0.15, -0.1) is 0 Å². The fourth-order valence-corrected chi connectivity index (χ4v) is 2.26. The van der Waals surface area contributed by atoms with Crippen molar-refractivity contribution in [3.63, 3.8) is 0 Å². The maximum atomic E-state index is 13.2. The number of Topliss-reactive ketones (excluding diaryl/α,β-unsaturated/α-hetero) is 1. The lowest BCUT2D eigenvalue weighted by molar-refractivity contribution is -0.140. The summed E-state index contributed by atoms with van der Waals surface area (Å²) in [5.74, 6) is -6.13. The van der Waals surface area contributed by atoms with Gasteiger partial charge in [-0.2, -0.15) is 0 Å². The van der Waals surface area contributed by atoms with Crippen LogP contribution in [0.4, 0.5) is 18.0 Å². The first-order chi connectivity index (χ1) is 13.5. The van der Waals surface area contributed by atoms with Crippen LogP contribution < -0.4 is 10.6 Å². The van der Waals surface area contributed by atoms with Crippen molar-refractivity contribution in [2.45, 2.75) is 39.0 Å². The maximum Gasteiger partial charge on any atom is 0.408 e. The van der Waals surface area contributed by atoms with Crippen molar-refractivity contribution in [3.05, 3.63) is 35.4 Å². The number of alkyl halides is 1. The SMILES string of the molecule is CC(C)[C@H](NC(=O)OCc1ccc(F)c(F)c1)C(=O)NC(CC(=O)O)C(=O)CF. The normalized spacial score (nSPS) is 12.8. The lowest BCUT2D eigenvalue weighted by atomic mass is 10.0. The average Bonchev–Trinajstić information content (AvgIpc) is 2.65. The first-order valence-electron chi connectivity index (χ1n) is 8.53. The van der Waals surface area contributed by atoms with Gasteiger partial charge in [-0.3, -0.25) is 14.4 Å². The van der Waals surface area contributed by atoms with Crippen LogP contribution in [0.25, 0.3) is 0 Å². The zero-order valence-corrected chi connectivity index (χ0v) is 15.7. The van der Waals surface area contributed by atoms with Gasteiger partial charge in [0.2, 0.25) is 5.91 Å². The highest BCUT2D eigenvalue weighted by atomic mass is 19.2. The van der Waals surface area contributed by atoms with Crippen LogP contribution in [0, 0.1) is 17.6 Å². The van der Waals surface area contributed by atoms with Crippen LogP contribution in [-0.4, -0.2) is 47.6 Å². The quantitative estimate of drug-likeness (QED) is 0.532. The molecule has 2 amide bonds. The molecule has 0 fully saturated rings. The van der Waals surface area contributed by atoms with E-state index in [4.69, 9.17) is 9.84 Å². The summed E-state index contributed by atoms with van der Waals surface area (Å²) in [6.07, 6.45) is -1.88. The molecule has 0 bridgehead atoms. The number of carbonyl (C=O) groups is 4. The topological polar surface area (TPSA) is 122 Å². The minimum atomic E-state index is -1.59. The molecule has 29 heavy (non-hydrogen) atoms. The molecule has 0 saturated heterocycles. The number of rotatable bonds is 10. The van der Waals surface area contributed by atoms with Crippen LogP contribution in [0.1, 0.15) is 25.8 Å². The van der Waals surface area contributed by atoms with Gasteiger partial charge in [-0.1, -0.05) is 19.9 Å². The summed E-state index contributed by atoms with van der Waals surface area (Å²) in [5, 5.41) is 13.1. The third-order valence-corrected chi connectivity index (χ3v) is 3.79. The zero-order chi connectivity index (χ0) is 22.1. The van der Waals surface area contributed by atoms with Crippen molar-refractivity contribution in [1.82, 2.24) is 10.6 Å². The number of hydrogen-bond donors (Lipinski definition) is 3. The second kappa shape index (κ2) is 11.0. The van der Waals surface area contributed by atoms with Gasteiger partial charge in [-0.25, -0.2) is 18.0 Å². The molecule has 0 saturated carbocycles. The number of halogens is 3. The van der Waals surface area contributed by atoms with Gasteiger partial charge in [0.1, 0.15) is 25.4 Å². The van der Waals surface area contributed by atoms with Crippen molar-refractivity contribution >= 4 is 23.8 Å². The van der Waals surface area contributed by atoms with Crippen molar-refractivity contribution < 1.29 is 42.2 Å². The number of carboxylic acid groups (broad SMARTS) is 1. The number of alkyl carbamates (subject to hydrolysis) is 1. The Morgan fingerprint density at radius 1 is 1.10 bits per heavy atom. The molecule has 1 aromatic carbocycles. The number of aliphatic carboxylic acids is 1. The molecule has 1 unspecified atom stereocenters. The summed E-state index contributed by atoms with van der Waals surface area (Å²) in [7, 11) is 0. The second-order valence-corrected chi connectivity index (χ2v) is 6.45. The van der Waals surface area contributed by atoms with Crippen molar-refractivity contribution in [3.8, 4) is 0 Å². The minimum absolute atomic E-state index is 0.166. The van der Waals surface area contributed by atoms with Crippen LogP contribution in [0.15, 0.2) is 18.2 Å². The summed E-state index contributed by atoms with van der Waals surface area (Å²) < 4.78 is 43.5. The molecule has 160 valence electrons. The van der Waals surface area contributed by atoms with Crippen molar-refractivity contribution in [2.24, 2.45) is 5.92 Å². The van der Waals surface area contributed by atoms with E-state index in [1.165, 1.54) is 6.07 Å². The smallest absolute Gasteiger partial charge is 0.408 e. The molecule has 0 aliphatic rings. The van der Waals surface area contributed by atoms with Crippen molar-refractivity contribution in [2.75, 3.05) is 6.67 Å². The lowest BCUT2D eigenvalue weighted by Gasteiger charge is -2.24. The molecule has 1 aromatic rings. The van der Waals surface area contributed by atoms with E-state index in [2.05, 4.69) is 10.6 Å². The Morgan fingerprint density at radius 3 is 2.28 bits per heavy atom. The molecule has 0 aliphatic carbocycles. The molecule has 0 radical (unpaired) electrons. The molecule has 11 heteroatoms. The predicted molar refractivity (Wildman–Crippen MR) is 93.5 cm³/mol. The van der Waals surface area contributed by atoms with E-state index in [-0.39, 0.29) is 5.56 Å². The number of ketones is 1. The molecule has 3 N–H and O–H groups in total. The summed E-state index contributed by atoms with van der Waals surface area (Å²) in [6, 6.07) is 0.0920. The van der Waals surface area contributed by atoms with E-state index < -0.39 is 73.1 Å².